The van der Waals surface area contributed by atoms with E-state index in [1.807, 2.05) is 32.9 Å². The SMILES string of the molecule is CCCc1ccc(C(=O)NN(C(=O)c2ccc(Cl)cc2)C(C)(C)C)cc1. The van der Waals surface area contributed by atoms with E-state index in [1.54, 1.807) is 36.4 Å². The normalized spacial score (nSPS) is 11.1. The van der Waals surface area contributed by atoms with Gasteiger partial charge in [0, 0.05) is 16.1 Å². The fourth-order valence-electron chi connectivity index (χ4n) is 2.52. The molecule has 5 heteroatoms. The summed E-state index contributed by atoms with van der Waals surface area (Å²) in [6, 6.07) is 14.1. The van der Waals surface area contributed by atoms with Crippen molar-refractivity contribution in [2.45, 2.75) is 46.1 Å². The van der Waals surface area contributed by atoms with Crippen molar-refractivity contribution in [3.63, 3.8) is 0 Å². The lowest BCUT2D eigenvalue weighted by Gasteiger charge is -2.35. The van der Waals surface area contributed by atoms with Crippen LogP contribution in [0.1, 0.15) is 60.4 Å². The summed E-state index contributed by atoms with van der Waals surface area (Å²) in [6.07, 6.45) is 2.03. The first-order valence-electron chi connectivity index (χ1n) is 8.72. The molecule has 0 fully saturated rings. The number of hydrogen-bond donors (Lipinski definition) is 1. The minimum absolute atomic E-state index is 0.287. The van der Waals surface area contributed by atoms with Crippen molar-refractivity contribution in [3.05, 3.63) is 70.2 Å². The Bertz CT molecular complexity index is 762. The number of hydrazine groups is 1. The molecular formula is C21H25ClN2O2. The topological polar surface area (TPSA) is 49.4 Å². The number of rotatable bonds is 4. The Kier molecular flexibility index (Phi) is 6.43. The van der Waals surface area contributed by atoms with Crippen LogP contribution in [0.4, 0.5) is 0 Å². The zero-order valence-electron chi connectivity index (χ0n) is 15.7. The van der Waals surface area contributed by atoms with E-state index >= 15 is 0 Å². The molecule has 1 N–H and O–H groups in total. The summed E-state index contributed by atoms with van der Waals surface area (Å²) >= 11 is 5.89. The molecule has 0 bridgehead atoms. The van der Waals surface area contributed by atoms with Crippen LogP contribution in [0, 0.1) is 0 Å². The molecule has 2 amide bonds. The number of nitrogens with one attached hydrogen (secondary N) is 1. The maximum atomic E-state index is 12.9. The predicted molar refractivity (Wildman–Crippen MR) is 105 cm³/mol. The standard InChI is InChI=1S/C21H25ClN2O2/c1-5-6-15-7-9-16(10-8-15)19(25)23-24(21(2,3)4)20(26)17-11-13-18(22)14-12-17/h7-14H,5-6H2,1-4H3,(H,23,25). The largest absolute Gasteiger partial charge is 0.272 e. The Morgan fingerprint density at radius 2 is 1.50 bits per heavy atom. The van der Waals surface area contributed by atoms with Gasteiger partial charge in [-0.25, -0.2) is 5.01 Å². The molecule has 0 aromatic heterocycles. The number of amides is 2. The van der Waals surface area contributed by atoms with Gasteiger partial charge in [-0.2, -0.15) is 0 Å². The van der Waals surface area contributed by atoms with Gasteiger partial charge in [0.25, 0.3) is 11.8 Å². The fourth-order valence-corrected chi connectivity index (χ4v) is 2.65. The van der Waals surface area contributed by atoms with Crippen LogP contribution in [0.5, 0.6) is 0 Å². The van der Waals surface area contributed by atoms with Crippen LogP contribution < -0.4 is 5.43 Å². The first kappa shape index (κ1) is 20.0. The average Bonchev–Trinajstić information content (AvgIpc) is 2.59. The van der Waals surface area contributed by atoms with Crippen LogP contribution in [0.2, 0.25) is 5.02 Å². The third-order valence-electron chi connectivity index (χ3n) is 3.93. The summed E-state index contributed by atoms with van der Waals surface area (Å²) in [5.74, 6) is -0.601. The third kappa shape index (κ3) is 5.09. The molecule has 0 aliphatic heterocycles. The Balaban J connectivity index is 2.20. The Hall–Kier alpha value is -2.33. The highest BCUT2D eigenvalue weighted by molar-refractivity contribution is 6.30. The molecule has 0 aliphatic carbocycles. The lowest BCUT2D eigenvalue weighted by atomic mass is 10.1. The van der Waals surface area contributed by atoms with Crippen LogP contribution in [0.25, 0.3) is 0 Å². The number of hydrogen-bond acceptors (Lipinski definition) is 2. The van der Waals surface area contributed by atoms with Gasteiger partial charge in [-0.3, -0.25) is 15.0 Å². The minimum Gasteiger partial charge on any atom is -0.267 e. The van der Waals surface area contributed by atoms with Gasteiger partial charge in [0.1, 0.15) is 0 Å². The van der Waals surface area contributed by atoms with Crippen LogP contribution >= 0.6 is 11.6 Å². The molecule has 0 aliphatic rings. The smallest absolute Gasteiger partial charge is 0.267 e. The van der Waals surface area contributed by atoms with E-state index in [9.17, 15) is 9.59 Å². The fraction of sp³-hybridized carbons (Fsp3) is 0.333. The maximum Gasteiger partial charge on any atom is 0.272 e. The summed E-state index contributed by atoms with van der Waals surface area (Å²) in [5, 5.41) is 1.92. The summed E-state index contributed by atoms with van der Waals surface area (Å²) in [6.45, 7) is 7.71. The van der Waals surface area contributed by atoms with Crippen molar-refractivity contribution >= 4 is 23.4 Å². The molecule has 0 spiro atoms. The van der Waals surface area contributed by atoms with Crippen molar-refractivity contribution in [2.24, 2.45) is 0 Å². The van der Waals surface area contributed by atoms with Crippen LogP contribution in [0.3, 0.4) is 0 Å². The molecule has 0 atom stereocenters. The second-order valence-electron chi connectivity index (χ2n) is 7.21. The van der Waals surface area contributed by atoms with E-state index in [0.29, 0.717) is 16.1 Å². The summed E-state index contributed by atoms with van der Waals surface area (Å²) in [7, 11) is 0. The average molecular weight is 373 g/mol. The van der Waals surface area contributed by atoms with E-state index in [0.717, 1.165) is 12.8 Å². The van der Waals surface area contributed by atoms with E-state index in [4.69, 9.17) is 11.6 Å². The van der Waals surface area contributed by atoms with Crippen molar-refractivity contribution in [3.8, 4) is 0 Å². The zero-order valence-corrected chi connectivity index (χ0v) is 16.4. The van der Waals surface area contributed by atoms with E-state index in [-0.39, 0.29) is 11.8 Å². The molecule has 4 nitrogen and oxygen atoms in total. The Morgan fingerprint density at radius 3 is 2.00 bits per heavy atom. The first-order valence-corrected chi connectivity index (χ1v) is 9.10. The molecule has 2 aromatic rings. The first-order chi connectivity index (χ1) is 12.2. The van der Waals surface area contributed by atoms with Gasteiger partial charge < -0.3 is 0 Å². The van der Waals surface area contributed by atoms with Crippen molar-refractivity contribution in [1.82, 2.24) is 10.4 Å². The molecular weight excluding hydrogens is 348 g/mol. The quantitative estimate of drug-likeness (QED) is 0.777. The summed E-state index contributed by atoms with van der Waals surface area (Å²) in [5.41, 5.74) is 4.33. The number of carbonyl (C=O) groups excluding carboxylic acids is 2. The van der Waals surface area contributed by atoms with Crippen molar-refractivity contribution < 1.29 is 9.59 Å². The summed E-state index contributed by atoms with van der Waals surface area (Å²) in [4.78, 5) is 25.5. The molecule has 0 unspecified atom stereocenters. The van der Waals surface area contributed by atoms with Crippen molar-refractivity contribution in [1.29, 1.82) is 0 Å². The van der Waals surface area contributed by atoms with Crippen LogP contribution in [-0.2, 0) is 6.42 Å². The molecule has 0 saturated heterocycles. The summed E-state index contributed by atoms with van der Waals surface area (Å²) < 4.78 is 0. The lowest BCUT2D eigenvalue weighted by molar-refractivity contribution is 0.0358. The third-order valence-corrected chi connectivity index (χ3v) is 4.19. The Morgan fingerprint density at radius 1 is 0.962 bits per heavy atom. The zero-order chi connectivity index (χ0) is 19.3. The van der Waals surface area contributed by atoms with Gasteiger partial charge >= 0.3 is 0 Å². The van der Waals surface area contributed by atoms with E-state index in [2.05, 4.69) is 12.3 Å². The van der Waals surface area contributed by atoms with Crippen LogP contribution in [-0.4, -0.2) is 22.4 Å². The van der Waals surface area contributed by atoms with Gasteiger partial charge in [0.15, 0.2) is 0 Å². The second-order valence-corrected chi connectivity index (χ2v) is 7.64. The molecule has 0 heterocycles. The minimum atomic E-state index is -0.589. The van der Waals surface area contributed by atoms with Crippen molar-refractivity contribution in [2.75, 3.05) is 0 Å². The highest BCUT2D eigenvalue weighted by Gasteiger charge is 2.29. The lowest BCUT2D eigenvalue weighted by Crippen LogP contribution is -2.55. The molecule has 2 rings (SSSR count). The molecule has 0 saturated carbocycles. The molecule has 0 radical (unpaired) electrons. The monoisotopic (exact) mass is 372 g/mol. The van der Waals surface area contributed by atoms with E-state index in [1.165, 1.54) is 10.6 Å². The van der Waals surface area contributed by atoms with Gasteiger partial charge in [-0.05, 0) is 69.2 Å². The maximum absolute atomic E-state index is 12.9. The highest BCUT2D eigenvalue weighted by atomic mass is 35.5. The number of benzene rings is 2. The number of carbonyl (C=O) groups is 2. The van der Waals surface area contributed by atoms with Gasteiger partial charge in [-0.15, -0.1) is 0 Å². The molecule has 138 valence electrons. The van der Waals surface area contributed by atoms with Gasteiger partial charge in [-0.1, -0.05) is 37.1 Å². The molecule has 2 aromatic carbocycles. The predicted octanol–water partition coefficient (Wildman–Crippen LogP) is 4.88. The van der Waals surface area contributed by atoms with Gasteiger partial charge in [0.2, 0.25) is 0 Å². The van der Waals surface area contributed by atoms with E-state index < -0.39 is 5.54 Å². The highest BCUT2D eigenvalue weighted by Crippen LogP contribution is 2.18. The number of aryl methyl sites for hydroxylation is 1. The van der Waals surface area contributed by atoms with Gasteiger partial charge in [0.05, 0.1) is 5.54 Å². The number of halogens is 1. The molecule has 26 heavy (non-hydrogen) atoms. The number of nitrogens with zero attached hydrogens (tertiary/aromatic N) is 1. The Labute approximate surface area is 160 Å². The second kappa shape index (κ2) is 8.37. The van der Waals surface area contributed by atoms with Crippen LogP contribution in [0.15, 0.2) is 48.5 Å².